The first-order chi connectivity index (χ1) is 8.10. The van der Waals surface area contributed by atoms with Crippen LogP contribution in [0.1, 0.15) is 24.0 Å². The quantitative estimate of drug-likeness (QED) is 0.757. The van der Waals surface area contributed by atoms with Crippen molar-refractivity contribution < 1.29 is 19.0 Å². The van der Waals surface area contributed by atoms with E-state index in [9.17, 15) is 14.3 Å². The fourth-order valence-electron chi connectivity index (χ4n) is 3.14. The summed E-state index contributed by atoms with van der Waals surface area (Å²) >= 11 is 0. The Hall–Kier alpha value is -1.58. The first-order valence-corrected chi connectivity index (χ1v) is 5.69. The van der Waals surface area contributed by atoms with Gasteiger partial charge in [-0.2, -0.15) is 0 Å². The zero-order valence-corrected chi connectivity index (χ0v) is 9.50. The molecule has 0 heterocycles. The van der Waals surface area contributed by atoms with E-state index in [1.165, 1.54) is 13.2 Å². The lowest BCUT2D eigenvalue weighted by Crippen LogP contribution is -2.15. The van der Waals surface area contributed by atoms with E-state index in [-0.39, 0.29) is 17.6 Å². The van der Waals surface area contributed by atoms with Gasteiger partial charge in [-0.3, -0.25) is 4.79 Å². The van der Waals surface area contributed by atoms with Crippen LogP contribution in [0, 0.1) is 11.7 Å². The molecule has 1 unspecified atom stereocenters. The molecule has 0 amide bonds. The molecule has 17 heavy (non-hydrogen) atoms. The molecule has 0 saturated heterocycles. The number of carbonyl (C=O) groups is 1. The molecule has 1 spiro atoms. The minimum atomic E-state index is -0.564. The third-order valence-electron chi connectivity index (χ3n) is 4.11. The molecule has 0 radical (unpaired) electrons. The van der Waals surface area contributed by atoms with Crippen molar-refractivity contribution >= 4 is 5.97 Å². The van der Waals surface area contributed by atoms with Gasteiger partial charge in [0.05, 0.1) is 13.0 Å². The number of phenolic OH excluding ortho intramolecular Hbond substituents is 1. The third-order valence-corrected chi connectivity index (χ3v) is 4.11. The number of phenols is 1. The molecule has 3 rings (SSSR count). The van der Waals surface area contributed by atoms with Crippen molar-refractivity contribution in [2.75, 3.05) is 7.11 Å². The number of carbonyl (C=O) groups excluding carboxylic acids is 1. The zero-order valence-electron chi connectivity index (χ0n) is 9.50. The molecule has 0 bridgehead atoms. The molecule has 2 aliphatic rings. The highest BCUT2D eigenvalue weighted by Gasteiger charge is 2.63. The van der Waals surface area contributed by atoms with Crippen LogP contribution in [0.3, 0.4) is 0 Å². The molecule has 1 N–H and O–H groups in total. The van der Waals surface area contributed by atoms with Crippen molar-refractivity contribution in [3.05, 3.63) is 29.1 Å². The summed E-state index contributed by atoms with van der Waals surface area (Å²) in [7, 11) is 1.35. The number of esters is 1. The van der Waals surface area contributed by atoms with Gasteiger partial charge >= 0.3 is 5.97 Å². The van der Waals surface area contributed by atoms with Gasteiger partial charge < -0.3 is 9.84 Å². The molecule has 0 aromatic heterocycles. The molecule has 90 valence electrons. The molecule has 1 aromatic carbocycles. The minimum absolute atomic E-state index is 0.245. The summed E-state index contributed by atoms with van der Waals surface area (Å²) in [6.45, 7) is 0. The molecule has 1 saturated carbocycles. The molecule has 1 fully saturated rings. The summed E-state index contributed by atoms with van der Waals surface area (Å²) in [5, 5.41) is 9.43. The van der Waals surface area contributed by atoms with Crippen molar-refractivity contribution in [3.8, 4) is 5.75 Å². The summed E-state index contributed by atoms with van der Waals surface area (Å²) in [6, 6.07) is 3.12. The van der Waals surface area contributed by atoms with Crippen LogP contribution in [0.2, 0.25) is 0 Å². The van der Waals surface area contributed by atoms with E-state index in [0.29, 0.717) is 12.0 Å². The first-order valence-electron chi connectivity index (χ1n) is 5.69. The third kappa shape index (κ3) is 1.24. The van der Waals surface area contributed by atoms with Crippen LogP contribution < -0.4 is 0 Å². The van der Waals surface area contributed by atoms with Crippen molar-refractivity contribution in [3.63, 3.8) is 0 Å². The number of hydrogen-bond acceptors (Lipinski definition) is 3. The number of methoxy groups -OCH3 is 1. The Bertz CT molecular complexity index is 512. The average molecular weight is 236 g/mol. The van der Waals surface area contributed by atoms with E-state index in [1.807, 2.05) is 0 Å². The number of benzene rings is 1. The summed E-state index contributed by atoms with van der Waals surface area (Å²) in [4.78, 5) is 11.5. The van der Waals surface area contributed by atoms with Gasteiger partial charge in [-0.15, -0.1) is 0 Å². The number of rotatable bonds is 1. The lowest BCUT2D eigenvalue weighted by molar-refractivity contribution is -0.142. The molecule has 0 aliphatic heterocycles. The molecule has 4 heteroatoms. The zero-order chi connectivity index (χ0) is 12.2. The van der Waals surface area contributed by atoms with Crippen LogP contribution in [0.5, 0.6) is 5.75 Å². The lowest BCUT2D eigenvalue weighted by atomic mass is 9.94. The number of aromatic hydroxyl groups is 1. The maximum absolute atomic E-state index is 14.0. The van der Waals surface area contributed by atoms with E-state index in [2.05, 4.69) is 0 Å². The van der Waals surface area contributed by atoms with Gasteiger partial charge in [0.15, 0.2) is 11.6 Å². The molecule has 3 nitrogen and oxygen atoms in total. The number of aryl methyl sites for hydroxylation is 1. The fourth-order valence-corrected chi connectivity index (χ4v) is 3.14. The number of fused-ring (bicyclic) bond motifs is 2. The average Bonchev–Trinajstić information content (AvgIpc) is 2.92. The first kappa shape index (κ1) is 10.6. The molecule has 2 aliphatic carbocycles. The summed E-state index contributed by atoms with van der Waals surface area (Å²) in [6.07, 6.45) is 2.16. The molecular formula is C13H13FO3. The highest BCUT2D eigenvalue weighted by molar-refractivity contribution is 5.80. The Morgan fingerprint density at radius 3 is 3.06 bits per heavy atom. The second-order valence-electron chi connectivity index (χ2n) is 4.87. The highest BCUT2D eigenvalue weighted by Crippen LogP contribution is 2.63. The second kappa shape index (κ2) is 3.22. The van der Waals surface area contributed by atoms with E-state index < -0.39 is 11.2 Å². The number of ether oxygens (including phenoxy) is 1. The van der Waals surface area contributed by atoms with E-state index in [1.54, 1.807) is 6.07 Å². The van der Waals surface area contributed by atoms with Crippen LogP contribution >= 0.6 is 0 Å². The fraction of sp³-hybridized carbons (Fsp3) is 0.462. The second-order valence-corrected chi connectivity index (χ2v) is 4.87. The molecular weight excluding hydrogens is 223 g/mol. The normalized spacial score (nSPS) is 29.2. The van der Waals surface area contributed by atoms with Crippen LogP contribution in [-0.2, 0) is 21.4 Å². The topological polar surface area (TPSA) is 46.5 Å². The van der Waals surface area contributed by atoms with Gasteiger partial charge in [0.1, 0.15) is 0 Å². The van der Waals surface area contributed by atoms with Crippen molar-refractivity contribution in [1.82, 2.24) is 0 Å². The van der Waals surface area contributed by atoms with Gasteiger partial charge in [0, 0.05) is 11.0 Å². The predicted octanol–water partition coefficient (Wildman–Crippen LogP) is 1.91. The van der Waals surface area contributed by atoms with Gasteiger partial charge in [-0.05, 0) is 30.9 Å². The van der Waals surface area contributed by atoms with Gasteiger partial charge in [0.2, 0.25) is 0 Å². The SMILES string of the molecule is COC(=O)[C@@H]1CC12CCc1ccc(O)c(F)c12. The Morgan fingerprint density at radius 1 is 1.59 bits per heavy atom. The van der Waals surface area contributed by atoms with Crippen LogP contribution in [0.25, 0.3) is 0 Å². The summed E-state index contributed by atoms with van der Waals surface area (Å²) in [5.41, 5.74) is 1.03. The van der Waals surface area contributed by atoms with Gasteiger partial charge in [0.25, 0.3) is 0 Å². The molecule has 1 aromatic rings. The minimum Gasteiger partial charge on any atom is -0.505 e. The Balaban J connectivity index is 2.06. The van der Waals surface area contributed by atoms with Crippen LogP contribution in [-0.4, -0.2) is 18.2 Å². The Labute approximate surface area is 98.2 Å². The lowest BCUT2D eigenvalue weighted by Gasteiger charge is -2.12. The maximum atomic E-state index is 14.0. The standard InChI is InChI=1S/C13H13FO3/c1-17-12(16)8-6-13(8)5-4-7-2-3-9(15)11(14)10(7)13/h2-3,8,15H,4-6H2,1H3/t8-,13?/m0/s1. The number of hydrogen-bond donors (Lipinski definition) is 1. The highest BCUT2D eigenvalue weighted by atomic mass is 19.1. The van der Waals surface area contributed by atoms with Gasteiger partial charge in [-0.1, -0.05) is 6.07 Å². The molecule has 2 atom stereocenters. The van der Waals surface area contributed by atoms with Crippen molar-refractivity contribution in [2.45, 2.75) is 24.7 Å². The van der Waals surface area contributed by atoms with Crippen molar-refractivity contribution in [2.24, 2.45) is 5.92 Å². The van der Waals surface area contributed by atoms with E-state index >= 15 is 0 Å². The maximum Gasteiger partial charge on any atom is 0.309 e. The monoisotopic (exact) mass is 236 g/mol. The van der Waals surface area contributed by atoms with Gasteiger partial charge in [-0.25, -0.2) is 4.39 Å². The van der Waals surface area contributed by atoms with Crippen LogP contribution in [0.15, 0.2) is 12.1 Å². The van der Waals surface area contributed by atoms with E-state index in [0.717, 1.165) is 18.4 Å². The van der Waals surface area contributed by atoms with Crippen molar-refractivity contribution in [1.29, 1.82) is 0 Å². The Morgan fingerprint density at radius 2 is 2.35 bits per heavy atom. The smallest absolute Gasteiger partial charge is 0.309 e. The summed E-state index contributed by atoms with van der Waals surface area (Å²) in [5.74, 6) is -1.42. The predicted molar refractivity (Wildman–Crippen MR) is 58.2 cm³/mol. The van der Waals surface area contributed by atoms with Crippen LogP contribution in [0.4, 0.5) is 4.39 Å². The Kier molecular flexibility index (Phi) is 2.00. The number of halogens is 1. The largest absolute Gasteiger partial charge is 0.505 e. The summed E-state index contributed by atoms with van der Waals surface area (Å²) < 4.78 is 18.7. The van der Waals surface area contributed by atoms with E-state index in [4.69, 9.17) is 4.74 Å².